The highest BCUT2D eigenvalue weighted by atomic mass is 32.2. The first-order valence-corrected chi connectivity index (χ1v) is 7.22. The molecule has 0 saturated carbocycles. The van der Waals surface area contributed by atoms with E-state index in [4.69, 9.17) is 5.26 Å². The van der Waals surface area contributed by atoms with Gasteiger partial charge in [0.15, 0.2) is 0 Å². The monoisotopic (exact) mass is 305 g/mol. The minimum Gasteiger partial charge on any atom is -0.358 e. The summed E-state index contributed by atoms with van der Waals surface area (Å²) in [5.41, 5.74) is 0.458. The zero-order chi connectivity index (χ0) is 15.0. The predicted octanol–water partition coefficient (Wildman–Crippen LogP) is 1.70. The largest absolute Gasteiger partial charge is 0.358 e. The molecular weight excluding hydrogens is 297 g/mol. The fraction of sp³-hybridized carbons (Fsp3) is 0. The molecule has 0 aliphatic heterocycles. The molecule has 2 heterocycles. The lowest BCUT2D eigenvalue weighted by atomic mass is 10.1. The second-order valence-corrected chi connectivity index (χ2v) is 5.88. The minimum atomic E-state index is -3.84. The van der Waals surface area contributed by atoms with E-state index in [0.717, 1.165) is 12.3 Å². The first kappa shape index (κ1) is 13.1. The van der Waals surface area contributed by atoms with E-state index >= 15 is 0 Å². The van der Waals surface area contributed by atoms with Gasteiger partial charge in [0.1, 0.15) is 16.8 Å². The molecule has 0 saturated heterocycles. The van der Waals surface area contributed by atoms with E-state index in [0.29, 0.717) is 0 Å². The van der Waals surface area contributed by atoms with Crippen LogP contribution >= 0.6 is 0 Å². The lowest BCUT2D eigenvalue weighted by molar-refractivity contribution is 0.601. The third kappa shape index (κ3) is 2.11. The van der Waals surface area contributed by atoms with Crippen molar-refractivity contribution < 1.29 is 12.8 Å². The summed E-state index contributed by atoms with van der Waals surface area (Å²) in [4.78, 5) is 2.65. The number of halogens is 1. The Morgan fingerprint density at radius 1 is 1.33 bits per heavy atom. The van der Waals surface area contributed by atoms with E-state index in [2.05, 4.69) is 19.9 Å². The number of fused-ring (bicyclic) bond motifs is 1. The molecule has 3 N–H and O–H groups in total. The van der Waals surface area contributed by atoms with Crippen molar-refractivity contribution in [3.8, 4) is 6.07 Å². The lowest BCUT2D eigenvalue weighted by Gasteiger charge is -2.07. The van der Waals surface area contributed by atoms with Crippen LogP contribution in [0.3, 0.4) is 0 Å². The van der Waals surface area contributed by atoms with Crippen molar-refractivity contribution in [1.29, 1.82) is 5.26 Å². The van der Waals surface area contributed by atoms with Crippen LogP contribution in [-0.4, -0.2) is 23.6 Å². The summed E-state index contributed by atoms with van der Waals surface area (Å²) >= 11 is 0. The van der Waals surface area contributed by atoms with Crippen molar-refractivity contribution in [3.05, 3.63) is 42.1 Å². The number of aromatic amines is 2. The third-order valence-corrected chi connectivity index (χ3v) is 4.27. The van der Waals surface area contributed by atoms with Crippen LogP contribution in [0.5, 0.6) is 0 Å². The molecule has 2 aromatic heterocycles. The van der Waals surface area contributed by atoms with Crippen molar-refractivity contribution in [3.63, 3.8) is 0 Å². The number of nitrogens with zero attached hydrogens (tertiary/aromatic N) is 2. The van der Waals surface area contributed by atoms with Gasteiger partial charge in [0.2, 0.25) is 0 Å². The number of rotatable bonds is 3. The number of H-pyrrole nitrogens is 2. The van der Waals surface area contributed by atoms with Gasteiger partial charge in [-0.15, -0.1) is 0 Å². The molecule has 106 valence electrons. The fourth-order valence-corrected chi connectivity index (χ4v) is 2.95. The number of anilines is 1. The van der Waals surface area contributed by atoms with E-state index in [9.17, 15) is 12.8 Å². The van der Waals surface area contributed by atoms with E-state index in [-0.39, 0.29) is 27.0 Å². The Kier molecular flexibility index (Phi) is 2.88. The number of nitrogens with one attached hydrogen (secondary N) is 3. The molecule has 0 atom stereocenters. The van der Waals surface area contributed by atoms with Crippen molar-refractivity contribution in [1.82, 2.24) is 15.2 Å². The third-order valence-electron chi connectivity index (χ3n) is 2.93. The van der Waals surface area contributed by atoms with Gasteiger partial charge in [-0.2, -0.15) is 10.4 Å². The van der Waals surface area contributed by atoms with Gasteiger partial charge in [-0.25, -0.2) is 12.8 Å². The van der Waals surface area contributed by atoms with E-state index < -0.39 is 15.8 Å². The first-order chi connectivity index (χ1) is 10.0. The Morgan fingerprint density at radius 2 is 2.14 bits per heavy atom. The number of aromatic nitrogens is 3. The highest BCUT2D eigenvalue weighted by molar-refractivity contribution is 7.92. The highest BCUT2D eigenvalue weighted by Crippen LogP contribution is 2.29. The SMILES string of the molecule is N#Cc1c[nH]c2c(NS(=O)(=O)c3cn[nH]c3)ccc(F)c12. The zero-order valence-corrected chi connectivity index (χ0v) is 11.2. The lowest BCUT2D eigenvalue weighted by Crippen LogP contribution is -2.12. The number of sulfonamides is 1. The van der Waals surface area contributed by atoms with Crippen molar-refractivity contribution >= 4 is 26.6 Å². The van der Waals surface area contributed by atoms with Crippen molar-refractivity contribution in [2.45, 2.75) is 4.90 Å². The molecule has 0 amide bonds. The van der Waals surface area contributed by atoms with Crippen LogP contribution in [0.25, 0.3) is 10.9 Å². The Bertz CT molecular complexity index is 954. The van der Waals surface area contributed by atoms with Crippen LogP contribution in [-0.2, 0) is 10.0 Å². The molecule has 0 radical (unpaired) electrons. The average Bonchev–Trinajstić information content (AvgIpc) is 3.10. The standard InChI is InChI=1S/C12H8FN5O2S/c13-9-1-2-10(12-11(9)7(3-14)4-15-12)18-21(19,20)8-5-16-17-6-8/h1-2,4-6,15,18H,(H,16,17). The van der Waals surface area contributed by atoms with E-state index in [1.54, 1.807) is 0 Å². The van der Waals surface area contributed by atoms with Crippen LogP contribution in [0.15, 0.2) is 35.6 Å². The average molecular weight is 305 g/mol. The van der Waals surface area contributed by atoms with Gasteiger partial charge in [-0.3, -0.25) is 9.82 Å². The Labute approximate surface area is 118 Å². The summed E-state index contributed by atoms with van der Waals surface area (Å²) in [5, 5.41) is 15.0. The Hall–Kier alpha value is -2.86. The molecule has 0 aliphatic carbocycles. The number of hydrogen-bond acceptors (Lipinski definition) is 4. The molecule has 0 bridgehead atoms. The number of hydrogen-bond donors (Lipinski definition) is 3. The van der Waals surface area contributed by atoms with Gasteiger partial charge in [-0.1, -0.05) is 0 Å². The molecule has 9 heteroatoms. The summed E-state index contributed by atoms with van der Waals surface area (Å²) in [6, 6.07) is 4.23. The molecule has 0 fully saturated rings. The van der Waals surface area contributed by atoms with Gasteiger partial charge in [0.05, 0.1) is 28.4 Å². The summed E-state index contributed by atoms with van der Waals surface area (Å²) in [7, 11) is -3.84. The van der Waals surface area contributed by atoms with Gasteiger partial charge in [-0.05, 0) is 12.1 Å². The normalized spacial score (nSPS) is 11.4. The molecular formula is C12H8FN5O2S. The smallest absolute Gasteiger partial charge is 0.265 e. The zero-order valence-electron chi connectivity index (χ0n) is 10.4. The van der Waals surface area contributed by atoms with Crippen LogP contribution in [0.1, 0.15) is 5.56 Å². The maximum atomic E-state index is 13.8. The topological polar surface area (TPSA) is 114 Å². The Morgan fingerprint density at radius 3 is 2.81 bits per heavy atom. The molecule has 21 heavy (non-hydrogen) atoms. The Balaban J connectivity index is 2.13. The summed E-state index contributed by atoms with van der Waals surface area (Å²) in [6.07, 6.45) is 3.69. The van der Waals surface area contributed by atoms with E-state index in [1.165, 1.54) is 18.5 Å². The fourth-order valence-electron chi connectivity index (χ4n) is 1.97. The van der Waals surface area contributed by atoms with Gasteiger partial charge >= 0.3 is 0 Å². The van der Waals surface area contributed by atoms with E-state index in [1.807, 2.05) is 6.07 Å². The number of benzene rings is 1. The highest BCUT2D eigenvalue weighted by Gasteiger charge is 2.19. The molecule has 0 unspecified atom stereocenters. The molecule has 0 aliphatic rings. The maximum Gasteiger partial charge on any atom is 0.265 e. The summed E-state index contributed by atoms with van der Waals surface area (Å²) < 4.78 is 40.4. The predicted molar refractivity (Wildman–Crippen MR) is 72.4 cm³/mol. The second-order valence-electron chi connectivity index (χ2n) is 4.20. The van der Waals surface area contributed by atoms with Crippen molar-refractivity contribution in [2.75, 3.05) is 4.72 Å². The quantitative estimate of drug-likeness (QED) is 0.683. The maximum absolute atomic E-state index is 13.8. The van der Waals surface area contributed by atoms with Crippen LogP contribution < -0.4 is 4.72 Å². The molecule has 0 spiro atoms. The number of nitriles is 1. The van der Waals surface area contributed by atoms with Crippen LogP contribution in [0.4, 0.5) is 10.1 Å². The molecule has 7 nitrogen and oxygen atoms in total. The second kappa shape index (κ2) is 4.60. The molecule has 1 aromatic carbocycles. The first-order valence-electron chi connectivity index (χ1n) is 5.74. The van der Waals surface area contributed by atoms with Crippen LogP contribution in [0.2, 0.25) is 0 Å². The van der Waals surface area contributed by atoms with Gasteiger partial charge in [0, 0.05) is 12.4 Å². The minimum absolute atomic E-state index is 0.0462. The van der Waals surface area contributed by atoms with Gasteiger partial charge < -0.3 is 4.98 Å². The van der Waals surface area contributed by atoms with Gasteiger partial charge in [0.25, 0.3) is 10.0 Å². The summed E-state index contributed by atoms with van der Waals surface area (Å²) in [5.74, 6) is -0.603. The summed E-state index contributed by atoms with van der Waals surface area (Å²) in [6.45, 7) is 0. The van der Waals surface area contributed by atoms with Crippen LogP contribution in [0, 0.1) is 17.1 Å². The molecule has 3 rings (SSSR count). The molecule has 3 aromatic rings. The van der Waals surface area contributed by atoms with Crippen molar-refractivity contribution in [2.24, 2.45) is 0 Å².